The molecule has 0 aliphatic carbocycles. The molecule has 1 N–H and O–H groups in total. The van der Waals surface area contributed by atoms with E-state index in [4.69, 9.17) is 11.6 Å². The molecule has 2 aromatic carbocycles. The quantitative estimate of drug-likeness (QED) is 0.634. The molecule has 0 atom stereocenters. The van der Waals surface area contributed by atoms with E-state index in [2.05, 4.69) is 14.9 Å². The zero-order valence-corrected chi connectivity index (χ0v) is 17.8. The van der Waals surface area contributed by atoms with E-state index in [0.717, 1.165) is 34.6 Å². The molecule has 7 nitrogen and oxygen atoms in total. The zero-order valence-electron chi connectivity index (χ0n) is 15.4. The lowest BCUT2D eigenvalue weighted by Crippen LogP contribution is -2.24. The van der Waals surface area contributed by atoms with Crippen molar-refractivity contribution in [3.05, 3.63) is 53.1 Å². The molecule has 3 aromatic rings. The Morgan fingerprint density at radius 1 is 1.14 bits per heavy atom. The molecule has 1 saturated heterocycles. The van der Waals surface area contributed by atoms with Gasteiger partial charge in [0.1, 0.15) is 5.01 Å². The number of anilines is 2. The van der Waals surface area contributed by atoms with Crippen LogP contribution >= 0.6 is 22.9 Å². The SMILES string of the molecule is Cc1cc(S(=O)(=O)Nc2nnc(-c3ccc(Cl)cc3)s2)ccc1N1CCCC1=O. The Bertz CT molecular complexity index is 1180. The van der Waals surface area contributed by atoms with Gasteiger partial charge in [0.15, 0.2) is 0 Å². The van der Waals surface area contributed by atoms with Crippen molar-refractivity contribution in [1.82, 2.24) is 10.2 Å². The number of halogens is 1. The van der Waals surface area contributed by atoms with Gasteiger partial charge in [-0.05, 0) is 49.2 Å². The molecule has 1 aliphatic heterocycles. The van der Waals surface area contributed by atoms with E-state index in [9.17, 15) is 13.2 Å². The molecule has 4 rings (SSSR count). The van der Waals surface area contributed by atoms with E-state index >= 15 is 0 Å². The van der Waals surface area contributed by atoms with Gasteiger partial charge in [-0.15, -0.1) is 10.2 Å². The van der Waals surface area contributed by atoms with Crippen LogP contribution in [0.1, 0.15) is 18.4 Å². The van der Waals surface area contributed by atoms with Gasteiger partial charge in [-0.1, -0.05) is 35.1 Å². The summed E-state index contributed by atoms with van der Waals surface area (Å²) in [6.07, 6.45) is 1.33. The number of sulfonamides is 1. The Morgan fingerprint density at radius 3 is 2.55 bits per heavy atom. The van der Waals surface area contributed by atoms with Crippen molar-refractivity contribution in [3.63, 3.8) is 0 Å². The Balaban J connectivity index is 1.55. The first kappa shape index (κ1) is 19.8. The highest BCUT2D eigenvalue weighted by atomic mass is 35.5. The Morgan fingerprint density at radius 2 is 1.90 bits per heavy atom. The number of aryl methyl sites for hydroxylation is 1. The number of hydrogen-bond acceptors (Lipinski definition) is 6. The zero-order chi connectivity index (χ0) is 20.6. The number of rotatable bonds is 5. The van der Waals surface area contributed by atoms with Gasteiger partial charge in [0.2, 0.25) is 11.0 Å². The van der Waals surface area contributed by atoms with Crippen LogP contribution in [0.2, 0.25) is 5.02 Å². The molecule has 0 radical (unpaired) electrons. The first-order chi connectivity index (χ1) is 13.8. The van der Waals surface area contributed by atoms with Crippen LogP contribution in [0.3, 0.4) is 0 Å². The molecular formula is C19H17ClN4O3S2. The third-order valence-electron chi connectivity index (χ3n) is 4.58. The van der Waals surface area contributed by atoms with Crippen LogP contribution in [0.25, 0.3) is 10.6 Å². The average molecular weight is 449 g/mol. The number of benzene rings is 2. The second-order valence-corrected chi connectivity index (χ2v) is 9.72. The molecule has 10 heteroatoms. The van der Waals surface area contributed by atoms with Crippen molar-refractivity contribution < 1.29 is 13.2 Å². The van der Waals surface area contributed by atoms with E-state index in [0.29, 0.717) is 23.0 Å². The molecule has 1 amide bonds. The summed E-state index contributed by atoms with van der Waals surface area (Å²) in [5, 5.41) is 9.33. The summed E-state index contributed by atoms with van der Waals surface area (Å²) >= 11 is 7.02. The Labute approximate surface area is 177 Å². The summed E-state index contributed by atoms with van der Waals surface area (Å²) in [7, 11) is -3.83. The number of aromatic nitrogens is 2. The third-order valence-corrected chi connectivity index (χ3v) is 7.19. The number of hydrogen-bond donors (Lipinski definition) is 1. The van der Waals surface area contributed by atoms with E-state index in [1.807, 2.05) is 0 Å². The van der Waals surface area contributed by atoms with Gasteiger partial charge in [-0.25, -0.2) is 8.42 Å². The van der Waals surface area contributed by atoms with Crippen LogP contribution in [0, 0.1) is 6.92 Å². The van der Waals surface area contributed by atoms with Crippen LogP contribution in [0.15, 0.2) is 47.4 Å². The fourth-order valence-corrected chi connectivity index (χ4v) is 5.34. The molecule has 2 heterocycles. The van der Waals surface area contributed by atoms with Gasteiger partial charge in [0.25, 0.3) is 10.0 Å². The monoisotopic (exact) mass is 448 g/mol. The maximum Gasteiger partial charge on any atom is 0.263 e. The maximum absolute atomic E-state index is 12.8. The summed E-state index contributed by atoms with van der Waals surface area (Å²) in [4.78, 5) is 13.8. The highest BCUT2D eigenvalue weighted by Gasteiger charge is 2.24. The van der Waals surface area contributed by atoms with Crippen LogP contribution < -0.4 is 9.62 Å². The Hall–Kier alpha value is -2.49. The molecule has 0 bridgehead atoms. The van der Waals surface area contributed by atoms with Gasteiger partial charge in [-0.2, -0.15) is 0 Å². The third kappa shape index (κ3) is 4.12. The maximum atomic E-state index is 12.8. The van der Waals surface area contributed by atoms with Crippen molar-refractivity contribution in [1.29, 1.82) is 0 Å². The lowest BCUT2D eigenvalue weighted by molar-refractivity contribution is -0.117. The fraction of sp³-hybridized carbons (Fsp3) is 0.211. The first-order valence-electron chi connectivity index (χ1n) is 8.87. The summed E-state index contributed by atoms with van der Waals surface area (Å²) in [6.45, 7) is 2.45. The lowest BCUT2D eigenvalue weighted by atomic mass is 10.2. The van der Waals surface area contributed by atoms with Crippen molar-refractivity contribution >= 4 is 49.7 Å². The molecule has 29 heavy (non-hydrogen) atoms. The molecule has 150 valence electrons. The number of amides is 1. The number of carbonyl (C=O) groups excluding carboxylic acids is 1. The second-order valence-electron chi connectivity index (χ2n) is 6.62. The Kier molecular flexibility index (Phi) is 5.28. The van der Waals surface area contributed by atoms with Crippen LogP contribution in [-0.4, -0.2) is 31.1 Å². The molecule has 1 fully saturated rings. The van der Waals surface area contributed by atoms with Crippen LogP contribution in [-0.2, 0) is 14.8 Å². The van der Waals surface area contributed by atoms with Crippen LogP contribution in [0.4, 0.5) is 10.8 Å². The van der Waals surface area contributed by atoms with Gasteiger partial charge < -0.3 is 4.90 Å². The van der Waals surface area contributed by atoms with E-state index < -0.39 is 10.0 Å². The predicted molar refractivity (Wildman–Crippen MR) is 114 cm³/mol. The van der Waals surface area contributed by atoms with Crippen molar-refractivity contribution in [2.24, 2.45) is 0 Å². The normalized spacial score (nSPS) is 14.4. The van der Waals surface area contributed by atoms with E-state index in [1.165, 1.54) is 6.07 Å². The minimum Gasteiger partial charge on any atom is -0.312 e. The van der Waals surface area contributed by atoms with Gasteiger partial charge in [0, 0.05) is 29.2 Å². The van der Waals surface area contributed by atoms with Crippen molar-refractivity contribution in [2.45, 2.75) is 24.7 Å². The molecule has 0 saturated carbocycles. The summed E-state index contributed by atoms with van der Waals surface area (Å²) in [5.41, 5.74) is 2.27. The lowest BCUT2D eigenvalue weighted by Gasteiger charge is -2.19. The molecule has 1 aliphatic rings. The predicted octanol–water partition coefficient (Wildman–Crippen LogP) is 4.09. The summed E-state index contributed by atoms with van der Waals surface area (Å²) < 4.78 is 28.0. The number of nitrogens with one attached hydrogen (secondary N) is 1. The van der Waals surface area contributed by atoms with Crippen molar-refractivity contribution in [2.75, 3.05) is 16.2 Å². The highest BCUT2D eigenvalue weighted by molar-refractivity contribution is 7.93. The van der Waals surface area contributed by atoms with Gasteiger partial charge in [0.05, 0.1) is 4.90 Å². The topological polar surface area (TPSA) is 92.3 Å². The van der Waals surface area contributed by atoms with Crippen LogP contribution in [0.5, 0.6) is 0 Å². The minimum atomic E-state index is -3.83. The van der Waals surface area contributed by atoms with Gasteiger partial charge >= 0.3 is 0 Å². The molecule has 1 aromatic heterocycles. The smallest absolute Gasteiger partial charge is 0.263 e. The standard InChI is InChI=1S/C19H17ClN4O3S2/c1-12-11-15(8-9-16(12)24-10-2-3-17(24)25)29(26,27)23-19-22-21-18(28-19)13-4-6-14(20)7-5-13/h4-9,11H,2-3,10H2,1H3,(H,22,23). The number of nitrogens with zero attached hydrogens (tertiary/aromatic N) is 3. The first-order valence-corrected chi connectivity index (χ1v) is 11.5. The molecular weight excluding hydrogens is 432 g/mol. The molecule has 0 spiro atoms. The van der Waals surface area contributed by atoms with Gasteiger partial charge in [-0.3, -0.25) is 9.52 Å². The van der Waals surface area contributed by atoms with Crippen molar-refractivity contribution in [3.8, 4) is 10.6 Å². The second kappa shape index (κ2) is 7.74. The molecule has 0 unspecified atom stereocenters. The van der Waals surface area contributed by atoms with E-state index in [1.54, 1.807) is 48.2 Å². The van der Waals surface area contributed by atoms with E-state index in [-0.39, 0.29) is 15.9 Å². The number of carbonyl (C=O) groups is 1. The average Bonchev–Trinajstić information content (AvgIpc) is 3.31. The fourth-order valence-electron chi connectivity index (χ4n) is 3.15. The highest BCUT2D eigenvalue weighted by Crippen LogP contribution is 2.30. The minimum absolute atomic E-state index is 0.0606. The summed E-state index contributed by atoms with van der Waals surface area (Å²) in [6, 6.07) is 11.8. The largest absolute Gasteiger partial charge is 0.312 e. The summed E-state index contributed by atoms with van der Waals surface area (Å²) in [5.74, 6) is 0.0606.